The van der Waals surface area contributed by atoms with E-state index < -0.39 is 12.0 Å². The quantitative estimate of drug-likeness (QED) is 0.286. The molecular formula is C32H32N2O5S. The zero-order valence-corrected chi connectivity index (χ0v) is 24.1. The van der Waals surface area contributed by atoms with Crippen LogP contribution in [0.1, 0.15) is 44.9 Å². The highest BCUT2D eigenvalue weighted by atomic mass is 32.1. The summed E-state index contributed by atoms with van der Waals surface area (Å²) in [5, 5.41) is 1.85. The van der Waals surface area contributed by atoms with E-state index in [0.29, 0.717) is 38.9 Å². The molecule has 7 nitrogen and oxygen atoms in total. The number of hydrogen-bond acceptors (Lipinski definition) is 7. The van der Waals surface area contributed by atoms with Gasteiger partial charge in [-0.05, 0) is 60.4 Å². The Morgan fingerprint density at radius 3 is 2.55 bits per heavy atom. The minimum Gasteiger partial charge on any atom is -0.496 e. The highest BCUT2D eigenvalue weighted by Crippen LogP contribution is 2.40. The van der Waals surface area contributed by atoms with E-state index in [1.807, 2.05) is 66.7 Å². The molecule has 3 aromatic carbocycles. The lowest BCUT2D eigenvalue weighted by Crippen LogP contribution is -2.40. The number of esters is 1. The smallest absolute Gasteiger partial charge is 0.338 e. The van der Waals surface area contributed by atoms with E-state index in [1.54, 1.807) is 25.5 Å². The number of benzene rings is 3. The third kappa shape index (κ3) is 5.19. The lowest BCUT2D eigenvalue weighted by molar-refractivity contribution is -0.139. The molecule has 0 saturated heterocycles. The van der Waals surface area contributed by atoms with Crippen LogP contribution >= 0.6 is 11.3 Å². The Kier molecular flexibility index (Phi) is 7.89. The first-order chi connectivity index (χ1) is 19.3. The average Bonchev–Trinajstić information content (AvgIpc) is 3.25. The van der Waals surface area contributed by atoms with Crippen LogP contribution in [0, 0.1) is 5.92 Å². The maximum atomic E-state index is 14.1. The van der Waals surface area contributed by atoms with Gasteiger partial charge in [0.05, 0.1) is 36.1 Å². The fraction of sp³-hybridized carbons (Fsp3) is 0.281. The van der Waals surface area contributed by atoms with Crippen molar-refractivity contribution < 1.29 is 19.0 Å². The Labute approximate surface area is 236 Å². The van der Waals surface area contributed by atoms with Crippen LogP contribution in [0.2, 0.25) is 0 Å². The second-order valence-electron chi connectivity index (χ2n) is 9.98. The van der Waals surface area contributed by atoms with E-state index >= 15 is 0 Å². The van der Waals surface area contributed by atoms with Gasteiger partial charge in [0.15, 0.2) is 4.80 Å². The number of hydrogen-bond donors (Lipinski definition) is 0. The van der Waals surface area contributed by atoms with Crippen molar-refractivity contribution >= 4 is 34.2 Å². The van der Waals surface area contributed by atoms with Crippen molar-refractivity contribution in [2.45, 2.75) is 33.7 Å². The third-order valence-electron chi connectivity index (χ3n) is 6.70. The number of rotatable bonds is 8. The van der Waals surface area contributed by atoms with Gasteiger partial charge in [-0.25, -0.2) is 9.79 Å². The average molecular weight is 557 g/mol. The SMILES string of the molecule is CCOC(=O)C1=C(C)N=c2s/c(=C/c3ccc(OCC(C)C)cc3)c(=O)n2[C@H]1c1c(OC)ccc2ccccc12. The van der Waals surface area contributed by atoms with E-state index in [0.717, 1.165) is 27.6 Å². The van der Waals surface area contributed by atoms with E-state index in [-0.39, 0.29) is 12.2 Å². The number of methoxy groups -OCH3 is 1. The summed E-state index contributed by atoms with van der Waals surface area (Å²) in [4.78, 5) is 32.6. The van der Waals surface area contributed by atoms with Crippen LogP contribution < -0.4 is 24.4 Å². The lowest BCUT2D eigenvalue weighted by atomic mass is 9.90. The lowest BCUT2D eigenvalue weighted by Gasteiger charge is -2.27. The van der Waals surface area contributed by atoms with Gasteiger partial charge >= 0.3 is 5.97 Å². The van der Waals surface area contributed by atoms with Gasteiger partial charge in [0.25, 0.3) is 5.56 Å². The second kappa shape index (κ2) is 11.5. The summed E-state index contributed by atoms with van der Waals surface area (Å²) in [6, 6.07) is 18.6. The molecular weight excluding hydrogens is 524 g/mol. The third-order valence-corrected chi connectivity index (χ3v) is 7.69. The van der Waals surface area contributed by atoms with Gasteiger partial charge in [0.2, 0.25) is 0 Å². The largest absolute Gasteiger partial charge is 0.496 e. The summed E-state index contributed by atoms with van der Waals surface area (Å²) in [6.07, 6.45) is 1.84. The molecule has 1 aromatic heterocycles. The molecule has 1 atom stereocenters. The molecule has 206 valence electrons. The number of allylic oxidation sites excluding steroid dienone is 1. The van der Waals surface area contributed by atoms with Gasteiger partial charge in [-0.3, -0.25) is 9.36 Å². The Morgan fingerprint density at radius 2 is 1.85 bits per heavy atom. The molecule has 0 amide bonds. The second-order valence-corrected chi connectivity index (χ2v) is 11.0. The fourth-order valence-electron chi connectivity index (χ4n) is 4.87. The van der Waals surface area contributed by atoms with Crippen LogP contribution in [0.4, 0.5) is 0 Å². The first-order valence-electron chi connectivity index (χ1n) is 13.3. The minimum absolute atomic E-state index is 0.205. The Balaban J connectivity index is 1.71. The first-order valence-corrected chi connectivity index (χ1v) is 14.1. The summed E-state index contributed by atoms with van der Waals surface area (Å²) in [6.45, 7) is 8.59. The van der Waals surface area contributed by atoms with Crippen LogP contribution in [0.15, 0.2) is 81.7 Å². The molecule has 4 aromatic rings. The number of ether oxygens (including phenoxy) is 3. The van der Waals surface area contributed by atoms with Gasteiger partial charge in [-0.2, -0.15) is 0 Å². The van der Waals surface area contributed by atoms with E-state index in [2.05, 4.69) is 13.8 Å². The van der Waals surface area contributed by atoms with Crippen LogP contribution in [-0.4, -0.2) is 30.9 Å². The predicted octanol–water partition coefficient (Wildman–Crippen LogP) is 4.99. The van der Waals surface area contributed by atoms with Crippen molar-refractivity contribution in [3.05, 3.63) is 103 Å². The number of nitrogens with zero attached hydrogens (tertiary/aromatic N) is 2. The Bertz CT molecular complexity index is 1780. The molecule has 0 saturated carbocycles. The molecule has 0 unspecified atom stereocenters. The Morgan fingerprint density at radius 1 is 1.10 bits per heavy atom. The summed E-state index contributed by atoms with van der Waals surface area (Å²) >= 11 is 1.29. The molecule has 0 bridgehead atoms. The summed E-state index contributed by atoms with van der Waals surface area (Å²) < 4.78 is 19.2. The standard InChI is InChI=1S/C32H32N2O5S/c1-6-38-31(36)27-20(4)33-32-34(29(27)28-24-10-8-7-9-22(24)13-16-25(28)37-5)30(35)26(40-32)17-21-11-14-23(15-12-21)39-18-19(2)3/h7-17,19,29H,6,18H2,1-5H3/b26-17+/t29-/m1/s1. The molecule has 2 heterocycles. The van der Waals surface area contributed by atoms with Crippen LogP contribution in [-0.2, 0) is 9.53 Å². The number of carbonyl (C=O) groups excluding carboxylic acids is 1. The fourth-order valence-corrected chi connectivity index (χ4v) is 5.92. The Hall–Kier alpha value is -4.17. The summed E-state index contributed by atoms with van der Waals surface area (Å²) in [5.41, 5.74) is 2.18. The maximum Gasteiger partial charge on any atom is 0.338 e. The van der Waals surface area contributed by atoms with Crippen molar-refractivity contribution in [3.8, 4) is 11.5 Å². The number of aromatic nitrogens is 1. The van der Waals surface area contributed by atoms with Crippen LogP contribution in [0.25, 0.3) is 16.8 Å². The highest BCUT2D eigenvalue weighted by Gasteiger charge is 2.36. The zero-order valence-electron chi connectivity index (χ0n) is 23.3. The van der Waals surface area contributed by atoms with E-state index in [1.165, 1.54) is 11.3 Å². The minimum atomic E-state index is -0.773. The van der Waals surface area contributed by atoms with Crippen molar-refractivity contribution in [2.75, 3.05) is 20.3 Å². The predicted molar refractivity (Wildman–Crippen MR) is 158 cm³/mol. The van der Waals surface area contributed by atoms with Crippen LogP contribution in [0.3, 0.4) is 0 Å². The molecule has 40 heavy (non-hydrogen) atoms. The molecule has 0 fully saturated rings. The van der Waals surface area contributed by atoms with E-state index in [4.69, 9.17) is 19.2 Å². The number of carbonyl (C=O) groups is 1. The van der Waals surface area contributed by atoms with Gasteiger partial charge in [-0.15, -0.1) is 0 Å². The number of thiazole rings is 1. The molecule has 0 aliphatic carbocycles. The molecule has 0 spiro atoms. The van der Waals surface area contributed by atoms with Crippen molar-refractivity contribution in [3.63, 3.8) is 0 Å². The van der Waals surface area contributed by atoms with Gasteiger partial charge in [0.1, 0.15) is 17.5 Å². The molecule has 0 N–H and O–H groups in total. The molecule has 1 aliphatic rings. The number of fused-ring (bicyclic) bond motifs is 2. The summed E-state index contributed by atoms with van der Waals surface area (Å²) in [5.74, 6) is 1.28. The molecule has 5 rings (SSSR count). The van der Waals surface area contributed by atoms with Crippen LogP contribution in [0.5, 0.6) is 11.5 Å². The van der Waals surface area contributed by atoms with Crippen molar-refractivity contribution in [1.29, 1.82) is 0 Å². The summed E-state index contributed by atoms with van der Waals surface area (Å²) in [7, 11) is 1.59. The normalized spacial score (nSPS) is 15.2. The van der Waals surface area contributed by atoms with Gasteiger partial charge in [-0.1, -0.05) is 67.6 Å². The van der Waals surface area contributed by atoms with Gasteiger partial charge in [0, 0.05) is 5.56 Å². The molecule has 8 heteroatoms. The van der Waals surface area contributed by atoms with E-state index in [9.17, 15) is 9.59 Å². The van der Waals surface area contributed by atoms with Crippen molar-refractivity contribution in [2.24, 2.45) is 10.9 Å². The maximum absolute atomic E-state index is 14.1. The topological polar surface area (TPSA) is 79.1 Å². The van der Waals surface area contributed by atoms with Gasteiger partial charge < -0.3 is 14.2 Å². The molecule has 1 aliphatic heterocycles. The first kappa shape index (κ1) is 27.4. The molecule has 0 radical (unpaired) electrons. The monoisotopic (exact) mass is 556 g/mol. The van der Waals surface area contributed by atoms with Crippen molar-refractivity contribution in [1.82, 2.24) is 4.57 Å². The zero-order chi connectivity index (χ0) is 28.4. The highest BCUT2D eigenvalue weighted by molar-refractivity contribution is 7.07.